The Labute approximate surface area is 193 Å². The number of hydrogen-bond acceptors (Lipinski definition) is 6. The Morgan fingerprint density at radius 2 is 1.91 bits per heavy atom. The Bertz CT molecular complexity index is 1100. The molecule has 0 amide bonds. The van der Waals surface area contributed by atoms with Gasteiger partial charge in [0.05, 0.1) is 24.7 Å². The highest BCUT2D eigenvalue weighted by Crippen LogP contribution is 2.29. The second-order valence-electron chi connectivity index (χ2n) is 8.20. The summed E-state index contributed by atoms with van der Waals surface area (Å²) in [5.41, 5.74) is 5.16. The lowest BCUT2D eigenvalue weighted by Gasteiger charge is -2.28. The number of Topliss-reactive ketones (excluding diaryl/α,β-unsaturated/α-hetero) is 1. The summed E-state index contributed by atoms with van der Waals surface area (Å²) in [7, 11) is 0. The maximum atomic E-state index is 13.1. The van der Waals surface area contributed by atoms with Gasteiger partial charge in [-0.2, -0.15) is 0 Å². The first-order valence-corrected chi connectivity index (χ1v) is 12.2. The minimum Gasteiger partial charge on any atom is -0.378 e. The normalized spacial score (nSPS) is 14.2. The third-order valence-electron chi connectivity index (χ3n) is 5.82. The molecule has 0 bridgehead atoms. The summed E-state index contributed by atoms with van der Waals surface area (Å²) in [4.78, 5) is 15.3. The number of carbonyl (C=O) groups is 1. The molecule has 1 aliphatic heterocycles. The summed E-state index contributed by atoms with van der Waals surface area (Å²) in [5.74, 6) is 1.25. The lowest BCUT2D eigenvalue weighted by molar-refractivity contribution is 0.102. The summed E-state index contributed by atoms with van der Waals surface area (Å²) >= 11 is 1.45. The molecular formula is C24H31N5O2S. The molecule has 0 N–H and O–H groups in total. The number of rotatable bonds is 8. The number of ketones is 1. The highest BCUT2D eigenvalue weighted by molar-refractivity contribution is 7.99. The first kappa shape index (κ1) is 22.6. The minimum absolute atomic E-state index is 0.122. The molecular weight excluding hydrogens is 422 g/mol. The van der Waals surface area contributed by atoms with E-state index in [1.54, 1.807) is 0 Å². The van der Waals surface area contributed by atoms with Crippen LogP contribution in [-0.2, 0) is 11.3 Å². The van der Waals surface area contributed by atoms with Crippen molar-refractivity contribution in [2.24, 2.45) is 0 Å². The molecule has 8 heteroatoms. The van der Waals surface area contributed by atoms with Gasteiger partial charge in [0.15, 0.2) is 10.9 Å². The van der Waals surface area contributed by atoms with Crippen LogP contribution in [-0.4, -0.2) is 57.2 Å². The van der Waals surface area contributed by atoms with E-state index in [0.29, 0.717) is 19.0 Å². The average Bonchev–Trinajstić information content (AvgIpc) is 3.35. The molecule has 170 valence electrons. The Balaban J connectivity index is 1.60. The van der Waals surface area contributed by atoms with Crippen molar-refractivity contribution in [3.63, 3.8) is 0 Å². The first-order chi connectivity index (χ1) is 15.5. The van der Waals surface area contributed by atoms with Gasteiger partial charge in [0.1, 0.15) is 0 Å². The molecule has 32 heavy (non-hydrogen) atoms. The standard InChI is InChI=1S/C24H31N5O2S/c1-5-9-28-18(3)15-21(19(28)4)22(30)16-32-24-26-25-23(27-10-12-31-13-11-27)29(24)20-8-6-7-17(2)14-20/h6-8,14-15H,5,9-13,16H2,1-4H3. The quantitative estimate of drug-likeness (QED) is 0.376. The smallest absolute Gasteiger partial charge is 0.232 e. The molecule has 0 spiro atoms. The van der Waals surface area contributed by atoms with E-state index < -0.39 is 0 Å². The number of aryl methyl sites for hydroxylation is 2. The number of benzene rings is 1. The van der Waals surface area contributed by atoms with E-state index in [2.05, 4.69) is 63.2 Å². The van der Waals surface area contributed by atoms with E-state index in [1.807, 2.05) is 19.1 Å². The molecule has 1 aromatic carbocycles. The second kappa shape index (κ2) is 9.92. The van der Waals surface area contributed by atoms with E-state index in [0.717, 1.165) is 59.8 Å². The van der Waals surface area contributed by atoms with Gasteiger partial charge in [-0.1, -0.05) is 30.8 Å². The Morgan fingerprint density at radius 1 is 1.12 bits per heavy atom. The fraction of sp³-hybridized carbons (Fsp3) is 0.458. The van der Waals surface area contributed by atoms with Crippen LogP contribution in [0.25, 0.3) is 5.69 Å². The molecule has 0 atom stereocenters. The van der Waals surface area contributed by atoms with Crippen LogP contribution in [0.1, 0.15) is 40.7 Å². The van der Waals surface area contributed by atoms with Crippen molar-refractivity contribution in [2.45, 2.75) is 45.8 Å². The molecule has 4 rings (SSSR count). The van der Waals surface area contributed by atoms with E-state index in [4.69, 9.17) is 4.74 Å². The maximum absolute atomic E-state index is 13.1. The molecule has 0 saturated carbocycles. The number of thioether (sulfide) groups is 1. The summed E-state index contributed by atoms with van der Waals surface area (Å²) < 4.78 is 9.80. The SMILES string of the molecule is CCCn1c(C)cc(C(=O)CSc2nnc(N3CCOCC3)n2-c2cccc(C)c2)c1C. The van der Waals surface area contributed by atoms with E-state index in [1.165, 1.54) is 17.3 Å². The molecule has 3 heterocycles. The summed E-state index contributed by atoms with van der Waals surface area (Å²) in [6.45, 7) is 12.2. The number of aromatic nitrogens is 4. The van der Waals surface area contributed by atoms with Crippen molar-refractivity contribution in [3.05, 3.63) is 52.8 Å². The average molecular weight is 454 g/mol. The summed E-state index contributed by atoms with van der Waals surface area (Å²) in [6, 6.07) is 10.3. The Kier molecular flexibility index (Phi) is 7.01. The van der Waals surface area contributed by atoms with Crippen molar-refractivity contribution < 1.29 is 9.53 Å². The van der Waals surface area contributed by atoms with Crippen molar-refractivity contribution in [3.8, 4) is 5.69 Å². The van der Waals surface area contributed by atoms with Gasteiger partial charge in [-0.3, -0.25) is 9.36 Å². The zero-order valence-electron chi connectivity index (χ0n) is 19.3. The first-order valence-electron chi connectivity index (χ1n) is 11.2. The van der Waals surface area contributed by atoms with Crippen LogP contribution in [0.5, 0.6) is 0 Å². The molecule has 1 aliphatic rings. The van der Waals surface area contributed by atoms with Gasteiger partial charge in [0.25, 0.3) is 0 Å². The largest absolute Gasteiger partial charge is 0.378 e. The fourth-order valence-corrected chi connectivity index (χ4v) is 5.01. The van der Waals surface area contributed by atoms with Crippen LogP contribution in [0.3, 0.4) is 0 Å². The van der Waals surface area contributed by atoms with Crippen molar-refractivity contribution >= 4 is 23.5 Å². The number of hydrogen-bond donors (Lipinski definition) is 0. The topological polar surface area (TPSA) is 65.2 Å². The van der Waals surface area contributed by atoms with Crippen molar-refractivity contribution in [1.29, 1.82) is 0 Å². The molecule has 2 aromatic heterocycles. The van der Waals surface area contributed by atoms with Crippen LogP contribution >= 0.6 is 11.8 Å². The molecule has 3 aromatic rings. The monoisotopic (exact) mass is 453 g/mol. The minimum atomic E-state index is 0.122. The third kappa shape index (κ3) is 4.61. The number of nitrogens with zero attached hydrogens (tertiary/aromatic N) is 5. The fourth-order valence-electron chi connectivity index (χ4n) is 4.18. The number of carbonyl (C=O) groups excluding carboxylic acids is 1. The predicted molar refractivity (Wildman–Crippen MR) is 128 cm³/mol. The van der Waals surface area contributed by atoms with Crippen molar-refractivity contribution in [1.82, 2.24) is 19.3 Å². The number of morpholine rings is 1. The molecule has 0 aliphatic carbocycles. The van der Waals surface area contributed by atoms with Gasteiger partial charge in [0, 0.05) is 36.6 Å². The molecule has 1 fully saturated rings. The number of anilines is 1. The van der Waals surface area contributed by atoms with Gasteiger partial charge in [-0.05, 0) is 51.0 Å². The zero-order chi connectivity index (χ0) is 22.7. The van der Waals surface area contributed by atoms with E-state index >= 15 is 0 Å². The Hall–Kier alpha value is -2.58. The highest BCUT2D eigenvalue weighted by Gasteiger charge is 2.23. The maximum Gasteiger partial charge on any atom is 0.232 e. The molecule has 1 saturated heterocycles. The molecule has 7 nitrogen and oxygen atoms in total. The highest BCUT2D eigenvalue weighted by atomic mass is 32.2. The van der Waals surface area contributed by atoms with Gasteiger partial charge in [0.2, 0.25) is 5.95 Å². The van der Waals surface area contributed by atoms with Crippen LogP contribution < -0.4 is 4.90 Å². The van der Waals surface area contributed by atoms with Crippen LogP contribution in [0.15, 0.2) is 35.5 Å². The lowest BCUT2D eigenvalue weighted by atomic mass is 10.2. The zero-order valence-corrected chi connectivity index (χ0v) is 20.1. The predicted octanol–water partition coefficient (Wildman–Crippen LogP) is 4.22. The number of ether oxygens (including phenoxy) is 1. The summed E-state index contributed by atoms with van der Waals surface area (Å²) in [6.07, 6.45) is 1.04. The van der Waals surface area contributed by atoms with Crippen LogP contribution in [0.4, 0.5) is 5.95 Å². The molecule has 0 radical (unpaired) electrons. The summed E-state index contributed by atoms with van der Waals surface area (Å²) in [5, 5.41) is 9.71. The lowest BCUT2D eigenvalue weighted by Crippen LogP contribution is -2.37. The van der Waals surface area contributed by atoms with Crippen LogP contribution in [0.2, 0.25) is 0 Å². The van der Waals surface area contributed by atoms with Gasteiger partial charge < -0.3 is 14.2 Å². The third-order valence-corrected chi connectivity index (χ3v) is 6.75. The van der Waals surface area contributed by atoms with Crippen molar-refractivity contribution in [2.75, 3.05) is 37.0 Å². The second-order valence-corrected chi connectivity index (χ2v) is 9.15. The van der Waals surface area contributed by atoms with E-state index in [-0.39, 0.29) is 5.78 Å². The van der Waals surface area contributed by atoms with Gasteiger partial charge in [-0.25, -0.2) is 0 Å². The Morgan fingerprint density at radius 3 is 2.62 bits per heavy atom. The van der Waals surface area contributed by atoms with E-state index in [9.17, 15) is 4.79 Å². The van der Waals surface area contributed by atoms with Gasteiger partial charge >= 0.3 is 0 Å². The van der Waals surface area contributed by atoms with Crippen LogP contribution in [0, 0.1) is 20.8 Å². The van der Waals surface area contributed by atoms with Gasteiger partial charge in [-0.15, -0.1) is 10.2 Å². The molecule has 0 unspecified atom stereocenters.